The molecule has 0 aliphatic carbocycles. The number of rotatable bonds is 2. The molecule has 0 unspecified atom stereocenters. The summed E-state index contributed by atoms with van der Waals surface area (Å²) in [5.74, 6) is 0.187. The lowest BCUT2D eigenvalue weighted by Gasteiger charge is -2.05. The molecule has 0 aliphatic heterocycles. The molecule has 3 rings (SSSR count). The van der Waals surface area contributed by atoms with Gasteiger partial charge in [-0.1, -0.05) is 34.1 Å². The van der Waals surface area contributed by atoms with Gasteiger partial charge in [0.25, 0.3) is 0 Å². The van der Waals surface area contributed by atoms with Crippen LogP contribution in [0, 0.1) is 0 Å². The Morgan fingerprint density at radius 3 is 2.50 bits per heavy atom. The summed E-state index contributed by atoms with van der Waals surface area (Å²) in [5.41, 5.74) is 2.38. The highest BCUT2D eigenvalue weighted by Crippen LogP contribution is 2.37. The van der Waals surface area contributed by atoms with E-state index in [1.165, 1.54) is 0 Å². The number of aromatic nitrogens is 2. The summed E-state index contributed by atoms with van der Waals surface area (Å²) < 4.78 is 3.30. The van der Waals surface area contributed by atoms with Crippen LogP contribution in [0.3, 0.4) is 0 Å². The first-order valence-corrected chi connectivity index (χ1v) is 7.53. The van der Waals surface area contributed by atoms with Crippen molar-refractivity contribution in [1.29, 1.82) is 0 Å². The Morgan fingerprint density at radius 2 is 1.75 bits per heavy atom. The summed E-state index contributed by atoms with van der Waals surface area (Å²) in [6, 6.07) is 15.4. The van der Waals surface area contributed by atoms with Crippen molar-refractivity contribution in [1.82, 2.24) is 9.78 Å². The highest BCUT2D eigenvalue weighted by molar-refractivity contribution is 9.11. The molecule has 1 aromatic heterocycles. The molecular weight excluding hydrogens is 384 g/mol. The standard InChI is InChI=1S/C15H10Br2N2O/c16-10-8-12(15(20)13(17)9-10)14-6-7-19(18-14)11-4-2-1-3-5-11/h1-9,20H. The molecular formula is C15H10Br2N2O. The Labute approximate surface area is 133 Å². The number of phenolic OH excluding ortho intramolecular Hbond substituents is 1. The molecule has 0 amide bonds. The van der Waals surface area contributed by atoms with Crippen molar-refractivity contribution in [3.05, 3.63) is 63.7 Å². The summed E-state index contributed by atoms with van der Waals surface area (Å²) >= 11 is 6.75. The predicted molar refractivity (Wildman–Crippen MR) is 86.1 cm³/mol. The number of hydrogen-bond acceptors (Lipinski definition) is 2. The maximum Gasteiger partial charge on any atom is 0.139 e. The molecule has 0 bridgehead atoms. The zero-order chi connectivity index (χ0) is 14.1. The Balaban J connectivity index is 2.07. The van der Waals surface area contributed by atoms with Crippen LogP contribution in [0.4, 0.5) is 0 Å². The molecule has 3 nitrogen and oxygen atoms in total. The quantitative estimate of drug-likeness (QED) is 0.680. The van der Waals surface area contributed by atoms with E-state index >= 15 is 0 Å². The Morgan fingerprint density at radius 1 is 1.00 bits per heavy atom. The van der Waals surface area contributed by atoms with Crippen molar-refractivity contribution in [2.24, 2.45) is 0 Å². The van der Waals surface area contributed by atoms with Gasteiger partial charge in [0.15, 0.2) is 0 Å². The van der Waals surface area contributed by atoms with Crippen LogP contribution in [0.5, 0.6) is 5.75 Å². The second kappa shape index (κ2) is 5.42. The van der Waals surface area contributed by atoms with Gasteiger partial charge in [0, 0.05) is 16.2 Å². The van der Waals surface area contributed by atoms with Gasteiger partial charge in [-0.25, -0.2) is 4.68 Å². The lowest BCUT2D eigenvalue weighted by Crippen LogP contribution is -1.94. The minimum atomic E-state index is 0.187. The molecule has 0 atom stereocenters. The second-order valence-electron chi connectivity index (χ2n) is 4.26. The van der Waals surface area contributed by atoms with Gasteiger partial charge in [0.05, 0.1) is 15.9 Å². The fourth-order valence-electron chi connectivity index (χ4n) is 1.95. The van der Waals surface area contributed by atoms with Crippen molar-refractivity contribution < 1.29 is 5.11 Å². The van der Waals surface area contributed by atoms with Crippen LogP contribution in [-0.2, 0) is 0 Å². The van der Waals surface area contributed by atoms with Crippen LogP contribution >= 0.6 is 31.9 Å². The van der Waals surface area contributed by atoms with Crippen molar-refractivity contribution in [3.63, 3.8) is 0 Å². The summed E-state index contributed by atoms with van der Waals surface area (Å²) in [7, 11) is 0. The van der Waals surface area contributed by atoms with E-state index in [4.69, 9.17) is 0 Å². The largest absolute Gasteiger partial charge is 0.506 e. The fraction of sp³-hybridized carbons (Fsp3) is 0. The summed E-state index contributed by atoms with van der Waals surface area (Å²) in [4.78, 5) is 0. The Kier molecular flexibility index (Phi) is 3.63. The lowest BCUT2D eigenvalue weighted by molar-refractivity contribution is 0.473. The maximum atomic E-state index is 10.1. The van der Waals surface area contributed by atoms with E-state index in [1.54, 1.807) is 10.7 Å². The van der Waals surface area contributed by atoms with E-state index in [9.17, 15) is 5.11 Å². The molecule has 0 fully saturated rings. The molecule has 0 spiro atoms. The third kappa shape index (κ3) is 2.51. The average Bonchev–Trinajstić information content (AvgIpc) is 2.93. The molecule has 100 valence electrons. The van der Waals surface area contributed by atoms with Crippen LogP contribution in [0.25, 0.3) is 16.9 Å². The molecule has 20 heavy (non-hydrogen) atoms. The van der Waals surface area contributed by atoms with Gasteiger partial charge in [-0.2, -0.15) is 5.10 Å². The third-order valence-electron chi connectivity index (χ3n) is 2.91. The number of aromatic hydroxyl groups is 1. The number of hydrogen-bond donors (Lipinski definition) is 1. The fourth-order valence-corrected chi connectivity index (χ4v) is 3.18. The van der Waals surface area contributed by atoms with Gasteiger partial charge < -0.3 is 5.11 Å². The summed E-state index contributed by atoms with van der Waals surface area (Å²) in [6.07, 6.45) is 1.87. The minimum Gasteiger partial charge on any atom is -0.506 e. The topological polar surface area (TPSA) is 38.0 Å². The molecule has 0 saturated heterocycles. The molecule has 0 radical (unpaired) electrons. The van der Waals surface area contributed by atoms with Crippen LogP contribution in [0.1, 0.15) is 0 Å². The van der Waals surface area contributed by atoms with Gasteiger partial charge >= 0.3 is 0 Å². The molecule has 3 aromatic rings. The first-order valence-electron chi connectivity index (χ1n) is 5.94. The molecule has 0 aliphatic rings. The normalized spacial score (nSPS) is 10.7. The van der Waals surface area contributed by atoms with Crippen LogP contribution in [0.2, 0.25) is 0 Å². The van der Waals surface area contributed by atoms with Gasteiger partial charge in [-0.15, -0.1) is 0 Å². The zero-order valence-corrected chi connectivity index (χ0v) is 13.5. The molecule has 0 saturated carbocycles. The van der Waals surface area contributed by atoms with Crippen molar-refractivity contribution >= 4 is 31.9 Å². The first-order chi connectivity index (χ1) is 9.65. The Hall–Kier alpha value is -1.59. The van der Waals surface area contributed by atoms with E-state index in [2.05, 4.69) is 37.0 Å². The molecule has 5 heteroatoms. The van der Waals surface area contributed by atoms with Gasteiger partial charge in [-0.3, -0.25) is 0 Å². The van der Waals surface area contributed by atoms with E-state index in [1.807, 2.05) is 48.7 Å². The van der Waals surface area contributed by atoms with E-state index in [-0.39, 0.29) is 5.75 Å². The zero-order valence-electron chi connectivity index (χ0n) is 10.3. The van der Waals surface area contributed by atoms with Crippen molar-refractivity contribution in [2.45, 2.75) is 0 Å². The van der Waals surface area contributed by atoms with E-state index in [0.717, 1.165) is 10.2 Å². The summed E-state index contributed by atoms with van der Waals surface area (Å²) in [5, 5.41) is 14.6. The monoisotopic (exact) mass is 392 g/mol. The van der Waals surface area contributed by atoms with E-state index in [0.29, 0.717) is 15.7 Å². The van der Waals surface area contributed by atoms with Crippen molar-refractivity contribution in [3.8, 4) is 22.7 Å². The molecule has 1 N–H and O–H groups in total. The van der Waals surface area contributed by atoms with Crippen LogP contribution < -0.4 is 0 Å². The minimum absolute atomic E-state index is 0.187. The highest BCUT2D eigenvalue weighted by atomic mass is 79.9. The SMILES string of the molecule is Oc1c(Br)cc(Br)cc1-c1ccn(-c2ccccc2)n1. The lowest BCUT2D eigenvalue weighted by atomic mass is 10.1. The Bertz CT molecular complexity index is 754. The first kappa shape index (κ1) is 13.4. The van der Waals surface area contributed by atoms with Gasteiger partial charge in [-0.05, 0) is 46.3 Å². The van der Waals surface area contributed by atoms with Crippen LogP contribution in [0.15, 0.2) is 63.7 Å². The van der Waals surface area contributed by atoms with Gasteiger partial charge in [0.1, 0.15) is 5.75 Å². The number of halogens is 2. The van der Waals surface area contributed by atoms with E-state index < -0.39 is 0 Å². The number of nitrogens with zero attached hydrogens (tertiary/aromatic N) is 2. The second-order valence-corrected chi connectivity index (χ2v) is 6.03. The van der Waals surface area contributed by atoms with Crippen molar-refractivity contribution in [2.75, 3.05) is 0 Å². The number of phenols is 1. The predicted octanol–water partition coefficient (Wildman–Crippen LogP) is 4.77. The van der Waals surface area contributed by atoms with Gasteiger partial charge in [0.2, 0.25) is 0 Å². The summed E-state index contributed by atoms with van der Waals surface area (Å²) in [6.45, 7) is 0. The maximum absolute atomic E-state index is 10.1. The average molecular weight is 394 g/mol. The number of para-hydroxylation sites is 1. The van der Waals surface area contributed by atoms with Crippen LogP contribution in [-0.4, -0.2) is 14.9 Å². The third-order valence-corrected chi connectivity index (χ3v) is 3.98. The smallest absolute Gasteiger partial charge is 0.139 e. The number of benzene rings is 2. The highest BCUT2D eigenvalue weighted by Gasteiger charge is 2.12. The molecule has 2 aromatic carbocycles. The molecule has 1 heterocycles.